The van der Waals surface area contributed by atoms with Gasteiger partial charge in [0.2, 0.25) is 10.0 Å². The Kier molecular flexibility index (Phi) is 4.67. The molecule has 1 unspecified atom stereocenters. The maximum atomic E-state index is 13.1. The molecule has 1 N–H and O–H groups in total. The van der Waals surface area contributed by atoms with Crippen LogP contribution >= 0.6 is 0 Å². The zero-order chi connectivity index (χ0) is 18.2. The van der Waals surface area contributed by atoms with Crippen LogP contribution < -0.4 is 0 Å². The van der Waals surface area contributed by atoms with Crippen molar-refractivity contribution in [3.63, 3.8) is 0 Å². The van der Waals surface area contributed by atoms with Gasteiger partial charge in [-0.1, -0.05) is 36.8 Å². The maximum Gasteiger partial charge on any atom is 0.335 e. The summed E-state index contributed by atoms with van der Waals surface area (Å²) < 4.78 is 27.8. The number of sulfonamides is 1. The van der Waals surface area contributed by atoms with Crippen molar-refractivity contribution in [1.29, 1.82) is 0 Å². The molecule has 25 heavy (non-hydrogen) atoms. The summed E-state index contributed by atoms with van der Waals surface area (Å²) in [5.74, 6) is -1.14. The first-order valence-corrected chi connectivity index (χ1v) is 9.73. The van der Waals surface area contributed by atoms with Crippen LogP contribution in [-0.2, 0) is 16.4 Å². The second kappa shape index (κ2) is 6.61. The van der Waals surface area contributed by atoms with E-state index in [-0.39, 0.29) is 16.5 Å². The Morgan fingerprint density at radius 3 is 2.68 bits per heavy atom. The first kappa shape index (κ1) is 17.6. The lowest BCUT2D eigenvalue weighted by molar-refractivity contribution is 0.0696. The van der Waals surface area contributed by atoms with E-state index < -0.39 is 16.0 Å². The van der Waals surface area contributed by atoms with Gasteiger partial charge in [-0.15, -0.1) is 0 Å². The fourth-order valence-electron chi connectivity index (χ4n) is 3.45. The van der Waals surface area contributed by atoms with Gasteiger partial charge in [-0.25, -0.2) is 13.2 Å². The number of benzene rings is 2. The van der Waals surface area contributed by atoms with Crippen molar-refractivity contribution >= 4 is 16.0 Å². The molecule has 2 aromatic rings. The zero-order valence-corrected chi connectivity index (χ0v) is 15.1. The molecule has 5 nitrogen and oxygen atoms in total. The normalized spacial score (nSPS) is 17.9. The highest BCUT2D eigenvalue weighted by Crippen LogP contribution is 2.36. The van der Waals surface area contributed by atoms with Gasteiger partial charge < -0.3 is 5.11 Å². The molecule has 0 bridgehead atoms. The van der Waals surface area contributed by atoms with Gasteiger partial charge in [-0.3, -0.25) is 0 Å². The highest BCUT2D eigenvalue weighted by molar-refractivity contribution is 7.89. The topological polar surface area (TPSA) is 74.7 Å². The number of aryl methyl sites for hydroxylation is 1. The molecule has 3 rings (SSSR count). The summed E-state index contributed by atoms with van der Waals surface area (Å²) in [4.78, 5) is 11.2. The Labute approximate surface area is 148 Å². The molecule has 132 valence electrons. The van der Waals surface area contributed by atoms with Crippen molar-refractivity contribution in [2.75, 3.05) is 6.54 Å². The molecule has 0 aromatic heterocycles. The van der Waals surface area contributed by atoms with Crippen molar-refractivity contribution in [1.82, 2.24) is 4.31 Å². The molecule has 2 aromatic carbocycles. The van der Waals surface area contributed by atoms with Crippen LogP contribution in [0.2, 0.25) is 0 Å². The van der Waals surface area contributed by atoms with Gasteiger partial charge in [0, 0.05) is 6.54 Å². The molecular formula is C19H21NO4S. The molecule has 0 fully saturated rings. The number of rotatable bonds is 4. The molecule has 6 heteroatoms. The number of hydrogen-bond donors (Lipinski definition) is 1. The number of carbonyl (C=O) groups is 1. The SMILES string of the molecule is CCC1c2ccc(C)cc2CCN1S(=O)(=O)c1cccc(C(=O)O)c1. The van der Waals surface area contributed by atoms with Crippen LogP contribution in [0.25, 0.3) is 0 Å². The smallest absolute Gasteiger partial charge is 0.335 e. The summed E-state index contributed by atoms with van der Waals surface area (Å²) in [6.45, 7) is 4.39. The Morgan fingerprint density at radius 1 is 1.24 bits per heavy atom. The van der Waals surface area contributed by atoms with E-state index in [1.807, 2.05) is 26.0 Å². The van der Waals surface area contributed by atoms with Crippen LogP contribution in [0.4, 0.5) is 0 Å². The third-order valence-electron chi connectivity index (χ3n) is 4.68. The second-order valence-electron chi connectivity index (χ2n) is 6.33. The third kappa shape index (κ3) is 3.19. The van der Waals surface area contributed by atoms with E-state index in [4.69, 9.17) is 5.11 Å². The molecule has 0 amide bonds. The highest BCUT2D eigenvalue weighted by Gasteiger charge is 2.35. The number of hydrogen-bond acceptors (Lipinski definition) is 3. The first-order valence-electron chi connectivity index (χ1n) is 8.29. The van der Waals surface area contributed by atoms with Crippen molar-refractivity contribution in [2.24, 2.45) is 0 Å². The molecule has 0 spiro atoms. The fraction of sp³-hybridized carbons (Fsp3) is 0.316. The molecular weight excluding hydrogens is 338 g/mol. The Hall–Kier alpha value is -2.18. The Morgan fingerprint density at radius 2 is 2.00 bits per heavy atom. The average molecular weight is 359 g/mol. The van der Waals surface area contributed by atoms with Crippen molar-refractivity contribution in [3.05, 3.63) is 64.7 Å². The monoisotopic (exact) mass is 359 g/mol. The van der Waals surface area contributed by atoms with Crippen molar-refractivity contribution in [2.45, 2.75) is 37.6 Å². The summed E-state index contributed by atoms with van der Waals surface area (Å²) in [7, 11) is -3.76. The molecule has 0 aliphatic carbocycles. The largest absolute Gasteiger partial charge is 0.478 e. The number of aromatic carboxylic acids is 1. The van der Waals surface area contributed by atoms with E-state index in [2.05, 4.69) is 6.07 Å². The first-order chi connectivity index (χ1) is 11.8. The highest BCUT2D eigenvalue weighted by atomic mass is 32.2. The number of carboxylic acid groups (broad SMARTS) is 1. The number of carboxylic acids is 1. The van der Waals surface area contributed by atoms with E-state index in [1.54, 1.807) is 0 Å². The predicted molar refractivity (Wildman–Crippen MR) is 95.2 cm³/mol. The van der Waals surface area contributed by atoms with Gasteiger partial charge in [0.25, 0.3) is 0 Å². The molecule has 1 atom stereocenters. The third-order valence-corrected chi connectivity index (χ3v) is 6.59. The minimum atomic E-state index is -3.76. The molecule has 0 radical (unpaired) electrons. The molecule has 1 aliphatic heterocycles. The van der Waals surface area contributed by atoms with Crippen LogP contribution in [0.3, 0.4) is 0 Å². The predicted octanol–water partition coefficient (Wildman–Crippen LogP) is 3.39. The quantitative estimate of drug-likeness (QED) is 0.908. The van der Waals surface area contributed by atoms with Crippen LogP contribution in [0.1, 0.15) is 46.4 Å². The van der Waals surface area contributed by atoms with Gasteiger partial charge >= 0.3 is 5.97 Å². The van der Waals surface area contributed by atoms with Crippen molar-refractivity contribution < 1.29 is 18.3 Å². The lowest BCUT2D eigenvalue weighted by atomic mass is 9.91. The average Bonchev–Trinajstić information content (AvgIpc) is 2.60. The van der Waals surface area contributed by atoms with Gasteiger partial charge in [-0.2, -0.15) is 4.31 Å². The molecule has 0 saturated carbocycles. The van der Waals surface area contributed by atoms with Gasteiger partial charge in [-0.05, 0) is 49.1 Å². The minimum absolute atomic E-state index is 0.0258. The maximum absolute atomic E-state index is 13.1. The summed E-state index contributed by atoms with van der Waals surface area (Å²) in [5.41, 5.74) is 3.37. The summed E-state index contributed by atoms with van der Waals surface area (Å²) in [6.07, 6.45) is 1.32. The fourth-order valence-corrected chi connectivity index (χ4v) is 5.18. The van der Waals surface area contributed by atoms with Gasteiger partial charge in [0.05, 0.1) is 16.5 Å². The second-order valence-corrected chi connectivity index (χ2v) is 8.22. The van der Waals surface area contributed by atoms with E-state index in [1.165, 1.54) is 39.7 Å². The summed E-state index contributed by atoms with van der Waals surface area (Å²) >= 11 is 0. The van der Waals surface area contributed by atoms with E-state index in [0.29, 0.717) is 19.4 Å². The van der Waals surface area contributed by atoms with E-state index in [0.717, 1.165) is 5.56 Å². The van der Waals surface area contributed by atoms with E-state index in [9.17, 15) is 13.2 Å². The van der Waals surface area contributed by atoms with Crippen LogP contribution in [0.15, 0.2) is 47.4 Å². The standard InChI is InChI=1S/C19H21NO4S/c1-3-18-17-8-7-13(2)11-14(17)9-10-20(18)25(23,24)16-6-4-5-15(12-16)19(21)22/h4-8,11-12,18H,3,9-10H2,1-2H3,(H,21,22). The Bertz CT molecular complexity index is 921. The van der Waals surface area contributed by atoms with Gasteiger partial charge in [0.1, 0.15) is 0 Å². The van der Waals surface area contributed by atoms with Crippen LogP contribution in [0, 0.1) is 6.92 Å². The summed E-state index contributed by atoms with van der Waals surface area (Å²) in [6, 6.07) is 11.5. The van der Waals surface area contributed by atoms with Crippen molar-refractivity contribution in [3.8, 4) is 0 Å². The lowest BCUT2D eigenvalue weighted by Crippen LogP contribution is -2.39. The molecule has 1 heterocycles. The lowest BCUT2D eigenvalue weighted by Gasteiger charge is -2.36. The van der Waals surface area contributed by atoms with Crippen LogP contribution in [0.5, 0.6) is 0 Å². The summed E-state index contributed by atoms with van der Waals surface area (Å²) in [5, 5.41) is 9.13. The van der Waals surface area contributed by atoms with Gasteiger partial charge in [0.15, 0.2) is 0 Å². The number of fused-ring (bicyclic) bond motifs is 1. The number of nitrogens with zero attached hydrogens (tertiary/aromatic N) is 1. The van der Waals surface area contributed by atoms with Crippen LogP contribution in [-0.4, -0.2) is 30.3 Å². The zero-order valence-electron chi connectivity index (χ0n) is 14.3. The van der Waals surface area contributed by atoms with E-state index >= 15 is 0 Å². The minimum Gasteiger partial charge on any atom is -0.478 e. The molecule has 0 saturated heterocycles. The molecule has 1 aliphatic rings. The Balaban J connectivity index is 2.04.